The number of benzene rings is 5. The van der Waals surface area contributed by atoms with Gasteiger partial charge in [-0.1, -0.05) is 82.7 Å². The van der Waals surface area contributed by atoms with E-state index in [2.05, 4.69) is 129 Å². The SMILES string of the molecule is N#Cc1ccc(-c2nc(-c3ccc(-c4cccnc4)cc3)cc(-c3cc(Br)cc(-n4c5ccccc5c5ccccc54)c3)n2)cc1. The highest BCUT2D eigenvalue weighted by molar-refractivity contribution is 9.10. The summed E-state index contributed by atoms with van der Waals surface area (Å²) in [6.45, 7) is 0. The van der Waals surface area contributed by atoms with Crippen molar-refractivity contribution in [3.8, 4) is 56.8 Å². The van der Waals surface area contributed by atoms with Gasteiger partial charge < -0.3 is 4.57 Å². The molecule has 6 heteroatoms. The molecule has 3 heterocycles. The summed E-state index contributed by atoms with van der Waals surface area (Å²) in [7, 11) is 0. The number of aromatic nitrogens is 4. The van der Waals surface area contributed by atoms with Gasteiger partial charge in [0, 0.05) is 50.0 Å². The minimum absolute atomic E-state index is 0.590. The van der Waals surface area contributed by atoms with Crippen LogP contribution in [0.15, 0.2) is 150 Å². The minimum atomic E-state index is 0.590. The minimum Gasteiger partial charge on any atom is -0.309 e. The molecule has 0 saturated carbocycles. The standard InChI is InChI=1S/C40H24BrN5/c41-32-20-31(21-33(22-32)46-38-9-3-1-7-34(38)35-8-2-4-10-39(35)46)37-23-36(44-40(45-37)29-13-11-26(24-42)12-14-29)28-17-15-27(16-18-28)30-6-5-19-43-25-30/h1-23,25H. The average Bonchev–Trinajstić information content (AvgIpc) is 3.46. The van der Waals surface area contributed by atoms with Crippen LogP contribution in [0, 0.1) is 11.3 Å². The van der Waals surface area contributed by atoms with Crippen LogP contribution in [0.1, 0.15) is 5.56 Å². The molecule has 0 radical (unpaired) electrons. The summed E-state index contributed by atoms with van der Waals surface area (Å²) in [6.07, 6.45) is 3.64. The molecule has 0 aliphatic rings. The van der Waals surface area contributed by atoms with Gasteiger partial charge in [-0.05, 0) is 77.9 Å². The van der Waals surface area contributed by atoms with Crippen molar-refractivity contribution in [2.24, 2.45) is 0 Å². The fourth-order valence-electron chi connectivity index (χ4n) is 5.98. The first-order valence-corrected chi connectivity index (χ1v) is 15.6. The van der Waals surface area contributed by atoms with Crippen molar-refractivity contribution < 1.29 is 0 Å². The Morgan fingerprint density at radius 1 is 0.565 bits per heavy atom. The molecule has 216 valence electrons. The number of para-hydroxylation sites is 2. The molecule has 0 fully saturated rings. The lowest BCUT2D eigenvalue weighted by Gasteiger charge is -2.13. The van der Waals surface area contributed by atoms with E-state index in [1.807, 2.05) is 30.5 Å². The van der Waals surface area contributed by atoms with Crippen molar-refractivity contribution in [3.05, 3.63) is 156 Å². The lowest BCUT2D eigenvalue weighted by atomic mass is 10.0. The molecular formula is C40H24BrN5. The fraction of sp³-hybridized carbons (Fsp3) is 0. The summed E-state index contributed by atoms with van der Waals surface area (Å²) in [5.74, 6) is 0.590. The van der Waals surface area contributed by atoms with Gasteiger partial charge in [-0.25, -0.2) is 9.97 Å². The van der Waals surface area contributed by atoms with Gasteiger partial charge in [0.1, 0.15) is 0 Å². The molecule has 0 spiro atoms. The van der Waals surface area contributed by atoms with Crippen LogP contribution in [-0.2, 0) is 0 Å². The van der Waals surface area contributed by atoms with E-state index in [4.69, 9.17) is 9.97 Å². The number of hydrogen-bond donors (Lipinski definition) is 0. The maximum Gasteiger partial charge on any atom is 0.160 e. The van der Waals surface area contributed by atoms with Crippen LogP contribution >= 0.6 is 15.9 Å². The quantitative estimate of drug-likeness (QED) is 0.185. The molecule has 0 amide bonds. The van der Waals surface area contributed by atoms with Crippen LogP contribution < -0.4 is 0 Å². The maximum absolute atomic E-state index is 9.36. The first-order chi connectivity index (χ1) is 22.6. The second-order valence-corrected chi connectivity index (χ2v) is 12.0. The highest BCUT2D eigenvalue weighted by Gasteiger charge is 2.16. The zero-order valence-corrected chi connectivity index (χ0v) is 26.1. The Morgan fingerprint density at radius 2 is 1.20 bits per heavy atom. The third-order valence-corrected chi connectivity index (χ3v) is 8.65. The second-order valence-electron chi connectivity index (χ2n) is 11.0. The Balaban J connectivity index is 1.30. The lowest BCUT2D eigenvalue weighted by molar-refractivity contribution is 1.16. The average molecular weight is 655 g/mol. The van der Waals surface area contributed by atoms with Gasteiger partial charge in [-0.2, -0.15) is 5.26 Å². The molecule has 46 heavy (non-hydrogen) atoms. The van der Waals surface area contributed by atoms with Crippen molar-refractivity contribution in [2.75, 3.05) is 0 Å². The molecule has 3 aromatic heterocycles. The summed E-state index contributed by atoms with van der Waals surface area (Å²) >= 11 is 3.80. The van der Waals surface area contributed by atoms with Gasteiger partial charge >= 0.3 is 0 Å². The first kappa shape index (κ1) is 27.6. The normalized spacial score (nSPS) is 11.1. The Kier molecular flexibility index (Phi) is 6.94. The summed E-state index contributed by atoms with van der Waals surface area (Å²) in [4.78, 5) is 14.4. The van der Waals surface area contributed by atoms with Crippen molar-refractivity contribution in [3.63, 3.8) is 0 Å². The van der Waals surface area contributed by atoms with Crippen molar-refractivity contribution in [1.82, 2.24) is 19.5 Å². The van der Waals surface area contributed by atoms with Crippen LogP contribution in [0.25, 0.3) is 72.5 Å². The van der Waals surface area contributed by atoms with Crippen LogP contribution in [0.3, 0.4) is 0 Å². The summed E-state index contributed by atoms with van der Waals surface area (Å²) < 4.78 is 3.25. The largest absolute Gasteiger partial charge is 0.309 e. The van der Waals surface area contributed by atoms with Gasteiger partial charge in [0.25, 0.3) is 0 Å². The summed E-state index contributed by atoms with van der Waals surface area (Å²) in [5, 5.41) is 11.8. The molecule has 0 atom stereocenters. The molecule has 0 bridgehead atoms. The second kappa shape index (κ2) is 11.6. The van der Waals surface area contributed by atoms with Gasteiger partial charge in [-0.3, -0.25) is 4.98 Å². The number of pyridine rings is 1. The number of rotatable bonds is 5. The van der Waals surface area contributed by atoms with Crippen molar-refractivity contribution in [2.45, 2.75) is 0 Å². The summed E-state index contributed by atoms with van der Waals surface area (Å²) in [6, 6.07) is 47.4. The molecule has 5 nitrogen and oxygen atoms in total. The van der Waals surface area contributed by atoms with E-state index in [1.165, 1.54) is 10.8 Å². The van der Waals surface area contributed by atoms with Gasteiger partial charge in [-0.15, -0.1) is 0 Å². The summed E-state index contributed by atoms with van der Waals surface area (Å²) in [5.41, 5.74) is 10.4. The van der Waals surface area contributed by atoms with Crippen LogP contribution in [0.2, 0.25) is 0 Å². The topological polar surface area (TPSA) is 67.4 Å². The molecule has 8 aromatic rings. The molecular weight excluding hydrogens is 630 g/mol. The predicted octanol–water partition coefficient (Wildman–Crippen LogP) is 10.3. The highest BCUT2D eigenvalue weighted by Crippen LogP contribution is 2.36. The van der Waals surface area contributed by atoms with Crippen LogP contribution in [-0.4, -0.2) is 19.5 Å². The number of nitrogens with zero attached hydrogens (tertiary/aromatic N) is 5. The Labute approximate surface area is 274 Å². The van der Waals surface area contributed by atoms with E-state index in [1.54, 1.807) is 18.3 Å². The van der Waals surface area contributed by atoms with E-state index in [-0.39, 0.29) is 0 Å². The van der Waals surface area contributed by atoms with E-state index >= 15 is 0 Å². The third-order valence-electron chi connectivity index (χ3n) is 8.19. The number of fused-ring (bicyclic) bond motifs is 3. The van der Waals surface area contributed by atoms with Gasteiger partial charge in [0.2, 0.25) is 0 Å². The maximum atomic E-state index is 9.36. The molecule has 0 aliphatic carbocycles. The molecule has 0 unspecified atom stereocenters. The van der Waals surface area contributed by atoms with Crippen molar-refractivity contribution >= 4 is 37.7 Å². The van der Waals surface area contributed by atoms with E-state index in [0.717, 1.165) is 60.4 Å². The zero-order chi connectivity index (χ0) is 31.0. The van der Waals surface area contributed by atoms with Crippen LogP contribution in [0.4, 0.5) is 0 Å². The fourth-order valence-corrected chi connectivity index (χ4v) is 6.47. The third kappa shape index (κ3) is 5.03. The molecule has 0 saturated heterocycles. The monoisotopic (exact) mass is 653 g/mol. The lowest BCUT2D eigenvalue weighted by Crippen LogP contribution is -1.98. The Bertz CT molecular complexity index is 2370. The van der Waals surface area contributed by atoms with Gasteiger partial charge in [0.05, 0.1) is 34.1 Å². The van der Waals surface area contributed by atoms with E-state index in [9.17, 15) is 5.26 Å². The van der Waals surface area contributed by atoms with E-state index in [0.29, 0.717) is 11.4 Å². The predicted molar refractivity (Wildman–Crippen MR) is 188 cm³/mol. The van der Waals surface area contributed by atoms with E-state index < -0.39 is 0 Å². The van der Waals surface area contributed by atoms with Crippen molar-refractivity contribution in [1.29, 1.82) is 5.26 Å². The molecule has 0 aliphatic heterocycles. The number of hydrogen-bond acceptors (Lipinski definition) is 4. The number of halogens is 1. The smallest absolute Gasteiger partial charge is 0.160 e. The number of nitriles is 1. The molecule has 8 rings (SSSR count). The first-order valence-electron chi connectivity index (χ1n) is 14.8. The zero-order valence-electron chi connectivity index (χ0n) is 24.5. The highest BCUT2D eigenvalue weighted by atomic mass is 79.9. The van der Waals surface area contributed by atoms with Gasteiger partial charge in [0.15, 0.2) is 5.82 Å². The molecule has 5 aromatic carbocycles. The molecule has 0 N–H and O–H groups in total. The Morgan fingerprint density at radius 3 is 1.85 bits per heavy atom. The Hall–Kier alpha value is -5.90. The van der Waals surface area contributed by atoms with Crippen LogP contribution in [0.5, 0.6) is 0 Å².